The lowest BCUT2D eigenvalue weighted by atomic mass is 10.3. The number of rotatable bonds is 6. The van der Waals surface area contributed by atoms with Crippen molar-refractivity contribution in [1.29, 1.82) is 5.26 Å². The van der Waals surface area contributed by atoms with Gasteiger partial charge in [0.1, 0.15) is 12.4 Å². The molecule has 150 valence electrons. The largest absolute Gasteiger partial charge is 0.341 e. The van der Waals surface area contributed by atoms with E-state index in [1.165, 1.54) is 24.3 Å². The van der Waals surface area contributed by atoms with Gasteiger partial charge in [-0.3, -0.25) is 14.4 Å². The molecule has 2 rings (SSSR count). The van der Waals surface area contributed by atoms with Gasteiger partial charge < -0.3 is 16.0 Å². The molecule has 29 heavy (non-hydrogen) atoms. The molecule has 0 radical (unpaired) electrons. The van der Waals surface area contributed by atoms with Gasteiger partial charge in [-0.2, -0.15) is 5.26 Å². The Hall–Kier alpha value is -3.78. The van der Waals surface area contributed by atoms with Crippen LogP contribution in [0.4, 0.5) is 10.1 Å². The highest BCUT2D eigenvalue weighted by atomic mass is 32.2. The first-order chi connectivity index (χ1) is 13.7. The SMILES string of the molecule is N#CCNC(=O)CNC(=O)C(=O)Nc1ccc(S(=O)(=O)c2ccc(F)cc2)cc1. The van der Waals surface area contributed by atoms with Gasteiger partial charge in [-0.25, -0.2) is 12.8 Å². The molecule has 3 N–H and O–H groups in total. The van der Waals surface area contributed by atoms with Gasteiger partial charge in [0.2, 0.25) is 15.7 Å². The molecule has 0 aliphatic rings. The van der Waals surface area contributed by atoms with Crippen LogP contribution in [0.3, 0.4) is 0 Å². The number of anilines is 1. The molecule has 0 fully saturated rings. The van der Waals surface area contributed by atoms with E-state index in [0.29, 0.717) is 0 Å². The molecule has 0 heterocycles. The van der Waals surface area contributed by atoms with Crippen LogP contribution >= 0.6 is 0 Å². The zero-order valence-corrected chi connectivity index (χ0v) is 15.6. The number of hydrogen-bond donors (Lipinski definition) is 3. The highest BCUT2D eigenvalue weighted by molar-refractivity contribution is 7.91. The van der Waals surface area contributed by atoms with Crippen LogP contribution in [-0.4, -0.2) is 39.2 Å². The van der Waals surface area contributed by atoms with E-state index >= 15 is 0 Å². The average molecular weight is 418 g/mol. The van der Waals surface area contributed by atoms with Gasteiger partial charge in [-0.1, -0.05) is 0 Å². The number of carbonyl (C=O) groups excluding carboxylic acids is 3. The van der Waals surface area contributed by atoms with Gasteiger partial charge in [-0.05, 0) is 48.5 Å². The fourth-order valence-corrected chi connectivity index (χ4v) is 3.36. The van der Waals surface area contributed by atoms with Crippen molar-refractivity contribution in [3.05, 3.63) is 54.3 Å². The van der Waals surface area contributed by atoms with Crippen LogP contribution in [-0.2, 0) is 24.2 Å². The van der Waals surface area contributed by atoms with Crippen LogP contribution < -0.4 is 16.0 Å². The van der Waals surface area contributed by atoms with Crippen molar-refractivity contribution in [3.8, 4) is 6.07 Å². The van der Waals surface area contributed by atoms with Gasteiger partial charge in [0, 0.05) is 5.69 Å². The first kappa shape index (κ1) is 21.5. The van der Waals surface area contributed by atoms with Crippen molar-refractivity contribution in [3.63, 3.8) is 0 Å². The molecule has 0 bridgehead atoms. The maximum Gasteiger partial charge on any atom is 0.313 e. The summed E-state index contributed by atoms with van der Waals surface area (Å²) in [5.41, 5.74) is 0.150. The lowest BCUT2D eigenvalue weighted by molar-refractivity contribution is -0.136. The lowest BCUT2D eigenvalue weighted by Gasteiger charge is -2.08. The summed E-state index contributed by atoms with van der Waals surface area (Å²) in [5.74, 6) is -3.35. The van der Waals surface area contributed by atoms with Crippen LogP contribution in [0.15, 0.2) is 58.3 Å². The third-order valence-corrected chi connectivity index (χ3v) is 5.31. The van der Waals surface area contributed by atoms with Crippen molar-refractivity contribution in [2.24, 2.45) is 0 Å². The number of carbonyl (C=O) groups is 3. The zero-order chi connectivity index (χ0) is 21.4. The lowest BCUT2D eigenvalue weighted by Crippen LogP contribution is -2.41. The summed E-state index contributed by atoms with van der Waals surface area (Å²) in [4.78, 5) is 34.6. The van der Waals surface area contributed by atoms with E-state index in [1.807, 2.05) is 0 Å². The van der Waals surface area contributed by atoms with Crippen molar-refractivity contribution in [1.82, 2.24) is 10.6 Å². The van der Waals surface area contributed by atoms with E-state index in [4.69, 9.17) is 5.26 Å². The molecule has 0 spiro atoms. The summed E-state index contributed by atoms with van der Waals surface area (Å²) in [6.45, 7) is -0.711. The molecular weight excluding hydrogens is 403 g/mol. The Kier molecular flexibility index (Phi) is 6.99. The predicted octanol–water partition coefficient (Wildman–Crippen LogP) is 0.353. The smallest absolute Gasteiger partial charge is 0.313 e. The van der Waals surface area contributed by atoms with Crippen LogP contribution in [0.2, 0.25) is 0 Å². The number of halogens is 1. The number of benzene rings is 2. The fourth-order valence-electron chi connectivity index (χ4n) is 2.10. The van der Waals surface area contributed by atoms with Gasteiger partial charge in [-0.15, -0.1) is 0 Å². The van der Waals surface area contributed by atoms with E-state index < -0.39 is 39.9 Å². The monoisotopic (exact) mass is 418 g/mol. The molecule has 0 saturated carbocycles. The first-order valence-corrected chi connectivity index (χ1v) is 9.56. The second kappa shape index (κ2) is 9.43. The Morgan fingerprint density at radius 1 is 0.897 bits per heavy atom. The number of nitriles is 1. The molecule has 0 aliphatic carbocycles. The Morgan fingerprint density at radius 2 is 1.45 bits per heavy atom. The fraction of sp³-hybridized carbons (Fsp3) is 0.111. The highest BCUT2D eigenvalue weighted by Crippen LogP contribution is 2.22. The van der Waals surface area contributed by atoms with Crippen molar-refractivity contribution in [2.45, 2.75) is 9.79 Å². The minimum absolute atomic E-state index is 0.0827. The van der Waals surface area contributed by atoms with Gasteiger partial charge >= 0.3 is 11.8 Å². The predicted molar refractivity (Wildman–Crippen MR) is 98.6 cm³/mol. The minimum Gasteiger partial charge on any atom is -0.341 e. The van der Waals surface area contributed by atoms with E-state index in [2.05, 4.69) is 16.0 Å². The first-order valence-electron chi connectivity index (χ1n) is 8.07. The Morgan fingerprint density at radius 3 is 2.00 bits per heavy atom. The normalized spacial score (nSPS) is 10.5. The van der Waals surface area contributed by atoms with E-state index in [1.54, 1.807) is 6.07 Å². The van der Waals surface area contributed by atoms with Crippen LogP contribution in [0, 0.1) is 17.1 Å². The average Bonchev–Trinajstić information content (AvgIpc) is 2.71. The zero-order valence-electron chi connectivity index (χ0n) is 14.8. The summed E-state index contributed by atoms with van der Waals surface area (Å²) in [6.07, 6.45) is 0. The third kappa shape index (κ3) is 5.85. The van der Waals surface area contributed by atoms with Gasteiger partial charge in [0.05, 0.1) is 22.4 Å². The molecule has 2 aromatic carbocycles. The topological polar surface area (TPSA) is 145 Å². The molecular formula is C18H15FN4O5S. The van der Waals surface area contributed by atoms with E-state index in [9.17, 15) is 27.2 Å². The summed E-state index contributed by atoms with van der Waals surface area (Å²) in [7, 11) is -3.87. The molecule has 0 saturated heterocycles. The molecule has 9 nitrogen and oxygen atoms in total. The molecule has 0 atom stereocenters. The second-order valence-corrected chi connectivity index (χ2v) is 7.50. The number of hydrogen-bond acceptors (Lipinski definition) is 6. The second-order valence-electron chi connectivity index (χ2n) is 5.55. The molecule has 0 aliphatic heterocycles. The Labute approximate surface area is 165 Å². The minimum atomic E-state index is -3.87. The quantitative estimate of drug-likeness (QED) is 0.351. The number of nitrogens with one attached hydrogen (secondary N) is 3. The summed E-state index contributed by atoms with van der Waals surface area (Å²) in [5, 5.41) is 14.8. The van der Waals surface area contributed by atoms with Crippen LogP contribution in [0.1, 0.15) is 0 Å². The van der Waals surface area contributed by atoms with Crippen molar-refractivity contribution in [2.75, 3.05) is 18.4 Å². The van der Waals surface area contributed by atoms with Gasteiger partial charge in [0.25, 0.3) is 0 Å². The Balaban J connectivity index is 1.99. The highest BCUT2D eigenvalue weighted by Gasteiger charge is 2.19. The van der Waals surface area contributed by atoms with Crippen molar-refractivity contribution < 1.29 is 27.2 Å². The van der Waals surface area contributed by atoms with E-state index in [-0.39, 0.29) is 22.0 Å². The van der Waals surface area contributed by atoms with Crippen LogP contribution in [0.5, 0.6) is 0 Å². The summed E-state index contributed by atoms with van der Waals surface area (Å²) >= 11 is 0. The maximum absolute atomic E-state index is 13.0. The standard InChI is InChI=1S/C18H15FN4O5S/c19-12-1-5-14(6-2-12)29(27,28)15-7-3-13(4-8-15)23-18(26)17(25)22-11-16(24)21-10-9-20/h1-8H,10-11H2,(H,21,24)(H,22,25)(H,23,26). The van der Waals surface area contributed by atoms with Crippen molar-refractivity contribution >= 4 is 33.2 Å². The molecule has 2 aromatic rings. The Bertz CT molecular complexity index is 1060. The van der Waals surface area contributed by atoms with E-state index in [0.717, 1.165) is 24.3 Å². The van der Waals surface area contributed by atoms with Gasteiger partial charge in [0.15, 0.2) is 0 Å². The van der Waals surface area contributed by atoms with Crippen LogP contribution in [0.25, 0.3) is 0 Å². The number of sulfone groups is 1. The summed E-state index contributed by atoms with van der Waals surface area (Å²) < 4.78 is 37.9. The third-order valence-electron chi connectivity index (χ3n) is 3.53. The molecule has 3 amide bonds. The number of nitrogens with zero attached hydrogens (tertiary/aromatic N) is 1. The summed E-state index contributed by atoms with van der Waals surface area (Å²) in [6, 6.07) is 11.0. The molecule has 0 aromatic heterocycles. The molecule has 0 unspecified atom stereocenters. The molecule has 11 heteroatoms. The maximum atomic E-state index is 13.0. The number of amides is 3.